The van der Waals surface area contributed by atoms with Gasteiger partial charge in [0.1, 0.15) is 6.54 Å². The Kier molecular flexibility index (Phi) is 7.19. The van der Waals surface area contributed by atoms with Gasteiger partial charge in [-0.15, -0.1) is 0 Å². The number of benzene rings is 2. The zero-order valence-electron chi connectivity index (χ0n) is 20.5. The molecule has 1 aliphatic rings. The molecule has 0 atom stereocenters. The molecular weight excluding hydrogens is 419 g/mol. The van der Waals surface area contributed by atoms with E-state index in [4.69, 9.17) is 14.0 Å². The molecule has 176 valence electrons. The van der Waals surface area contributed by atoms with Gasteiger partial charge in [-0.25, -0.2) is 0 Å². The average Bonchev–Trinajstić information content (AvgIpc) is 2.98. The van der Waals surface area contributed by atoms with Crippen LogP contribution in [0.5, 0.6) is 0 Å². The summed E-state index contributed by atoms with van der Waals surface area (Å²) in [6.07, 6.45) is 0.657. The van der Waals surface area contributed by atoms with Crippen molar-refractivity contribution < 1.29 is 23.6 Å². The van der Waals surface area contributed by atoms with Gasteiger partial charge < -0.3 is 23.8 Å². The van der Waals surface area contributed by atoms with Crippen LogP contribution in [0.15, 0.2) is 42.5 Å². The van der Waals surface area contributed by atoms with Crippen molar-refractivity contribution in [2.24, 2.45) is 0 Å². The van der Waals surface area contributed by atoms with E-state index in [0.29, 0.717) is 12.1 Å². The highest BCUT2D eigenvalue weighted by atomic mass is 16.7. The number of esters is 1. The summed E-state index contributed by atoms with van der Waals surface area (Å²) in [4.78, 5) is 27.2. The Hall–Kier alpha value is -2.84. The van der Waals surface area contributed by atoms with Crippen LogP contribution >= 0.6 is 0 Å². The summed E-state index contributed by atoms with van der Waals surface area (Å²) in [7, 11) is 1.50. The molecule has 2 aromatic carbocycles. The fourth-order valence-electron chi connectivity index (χ4n) is 3.80. The highest BCUT2D eigenvalue weighted by Crippen LogP contribution is 2.38. The van der Waals surface area contributed by atoms with Crippen LogP contribution in [-0.4, -0.2) is 50.9 Å². The van der Waals surface area contributed by atoms with E-state index in [1.807, 2.05) is 89.0 Å². The van der Waals surface area contributed by atoms with Crippen molar-refractivity contribution in [3.05, 3.63) is 48.0 Å². The minimum atomic E-state index is -0.452. The molecule has 33 heavy (non-hydrogen) atoms. The summed E-state index contributed by atoms with van der Waals surface area (Å²) < 4.78 is 17.3. The summed E-state index contributed by atoms with van der Waals surface area (Å²) in [6, 6.07) is 13.6. The lowest BCUT2D eigenvalue weighted by molar-refractivity contribution is -0.141. The maximum absolute atomic E-state index is 12.0. The molecule has 1 amide bonds. The number of amides is 1. The second-order valence-corrected chi connectivity index (χ2v) is 9.22. The molecule has 3 rings (SSSR count). The first kappa shape index (κ1) is 24.8. The maximum Gasteiger partial charge on any atom is 0.494 e. The normalized spacial score (nSPS) is 16.4. The highest BCUT2D eigenvalue weighted by Gasteiger charge is 2.51. The number of carbonyl (C=O) groups is 2. The molecule has 0 saturated carbocycles. The first-order valence-corrected chi connectivity index (χ1v) is 11.2. The van der Waals surface area contributed by atoms with E-state index in [-0.39, 0.29) is 13.2 Å². The van der Waals surface area contributed by atoms with E-state index in [2.05, 4.69) is 0 Å². The Morgan fingerprint density at radius 3 is 2.21 bits per heavy atom. The summed E-state index contributed by atoms with van der Waals surface area (Å²) in [6.45, 7) is 12.0. The van der Waals surface area contributed by atoms with Gasteiger partial charge in [-0.1, -0.05) is 24.3 Å². The molecule has 7 nitrogen and oxygen atoms in total. The molecule has 2 aromatic rings. The maximum atomic E-state index is 12.0. The third kappa shape index (κ3) is 5.07. The number of carbonyl (C=O) groups excluding carboxylic acids is 2. The number of ether oxygens (including phenoxy) is 1. The molecule has 1 saturated heterocycles. The van der Waals surface area contributed by atoms with E-state index in [9.17, 15) is 9.59 Å². The second-order valence-electron chi connectivity index (χ2n) is 9.22. The van der Waals surface area contributed by atoms with Crippen molar-refractivity contribution in [2.75, 3.05) is 30.0 Å². The lowest BCUT2D eigenvalue weighted by Crippen LogP contribution is -2.41. The van der Waals surface area contributed by atoms with Gasteiger partial charge in [0.05, 0.1) is 29.2 Å². The predicted octanol–water partition coefficient (Wildman–Crippen LogP) is 3.59. The Morgan fingerprint density at radius 2 is 1.67 bits per heavy atom. The first-order valence-electron chi connectivity index (χ1n) is 11.2. The second kappa shape index (κ2) is 9.57. The van der Waals surface area contributed by atoms with Crippen LogP contribution in [0.2, 0.25) is 0 Å². The van der Waals surface area contributed by atoms with Crippen molar-refractivity contribution in [2.45, 2.75) is 52.7 Å². The summed E-state index contributed by atoms with van der Waals surface area (Å²) in [5.41, 5.74) is 3.50. The molecule has 0 N–H and O–H groups in total. The highest BCUT2D eigenvalue weighted by molar-refractivity contribution is 6.62. The van der Waals surface area contributed by atoms with Gasteiger partial charge in [0, 0.05) is 12.7 Å². The van der Waals surface area contributed by atoms with E-state index in [1.165, 1.54) is 4.90 Å². The van der Waals surface area contributed by atoms with Crippen molar-refractivity contribution in [1.29, 1.82) is 0 Å². The Bertz CT molecular complexity index is 990. The quantitative estimate of drug-likeness (QED) is 0.347. The smallest absolute Gasteiger partial charge is 0.465 e. The van der Waals surface area contributed by atoms with Crippen LogP contribution < -0.4 is 15.3 Å². The van der Waals surface area contributed by atoms with Crippen molar-refractivity contribution >= 4 is 42.0 Å². The fraction of sp³-hybridized carbons (Fsp3) is 0.440. The number of rotatable bonds is 8. The summed E-state index contributed by atoms with van der Waals surface area (Å²) in [5.74, 6) is -0.452. The number of hydrogen-bond donors (Lipinski definition) is 0. The van der Waals surface area contributed by atoms with Crippen LogP contribution in [0, 0.1) is 6.92 Å². The number of anilines is 3. The molecule has 8 heteroatoms. The molecule has 0 radical (unpaired) electrons. The molecule has 1 heterocycles. The van der Waals surface area contributed by atoms with Crippen LogP contribution in [-0.2, 0) is 23.6 Å². The first-order chi connectivity index (χ1) is 15.5. The fourth-order valence-corrected chi connectivity index (χ4v) is 3.80. The molecule has 1 fully saturated rings. The van der Waals surface area contributed by atoms with Crippen molar-refractivity contribution in [3.63, 3.8) is 0 Å². The number of aryl methyl sites for hydroxylation is 1. The standard InChI is InChI=1S/C25H33BN2O5/c1-8-31-22(30)16-28(17-29)21-11-9-10-18(2)23(21)27(7)20-14-12-19(13-15-20)26-32-24(3,4)25(5,6)33-26/h9-15,17H,8,16H2,1-7H3. The van der Waals surface area contributed by atoms with E-state index >= 15 is 0 Å². The lowest BCUT2D eigenvalue weighted by Gasteiger charge is -2.32. The van der Waals surface area contributed by atoms with Gasteiger partial charge >= 0.3 is 13.1 Å². The summed E-state index contributed by atoms with van der Waals surface area (Å²) in [5, 5.41) is 0. The number of nitrogens with zero attached hydrogens (tertiary/aromatic N) is 2. The van der Waals surface area contributed by atoms with Gasteiger partial charge in [-0.3, -0.25) is 9.59 Å². The van der Waals surface area contributed by atoms with E-state index in [0.717, 1.165) is 22.4 Å². The van der Waals surface area contributed by atoms with Crippen molar-refractivity contribution in [3.8, 4) is 0 Å². The van der Waals surface area contributed by atoms with Crippen LogP contribution in [0.3, 0.4) is 0 Å². The van der Waals surface area contributed by atoms with Gasteiger partial charge in [0.25, 0.3) is 0 Å². The Balaban J connectivity index is 1.88. The predicted molar refractivity (Wildman–Crippen MR) is 131 cm³/mol. The zero-order chi connectivity index (χ0) is 24.4. The van der Waals surface area contributed by atoms with E-state index < -0.39 is 24.3 Å². The van der Waals surface area contributed by atoms with Gasteiger partial charge in [0.2, 0.25) is 6.41 Å². The molecule has 0 aliphatic carbocycles. The molecule has 1 aliphatic heterocycles. The van der Waals surface area contributed by atoms with Gasteiger partial charge in [0.15, 0.2) is 0 Å². The van der Waals surface area contributed by atoms with Crippen LogP contribution in [0.4, 0.5) is 17.1 Å². The van der Waals surface area contributed by atoms with E-state index in [1.54, 1.807) is 6.92 Å². The van der Waals surface area contributed by atoms with Crippen LogP contribution in [0.1, 0.15) is 40.2 Å². The third-order valence-electron chi connectivity index (χ3n) is 6.40. The minimum absolute atomic E-state index is 0.150. The third-order valence-corrected chi connectivity index (χ3v) is 6.40. The molecule has 0 spiro atoms. The molecule has 0 unspecified atom stereocenters. The Morgan fingerprint density at radius 1 is 1.06 bits per heavy atom. The average molecular weight is 452 g/mol. The SMILES string of the molecule is CCOC(=O)CN(C=O)c1cccc(C)c1N(C)c1ccc(B2OC(C)(C)C(C)(C)O2)cc1. The number of para-hydroxylation sites is 1. The topological polar surface area (TPSA) is 68.3 Å². The summed E-state index contributed by atoms with van der Waals surface area (Å²) >= 11 is 0. The zero-order valence-corrected chi connectivity index (χ0v) is 20.5. The van der Waals surface area contributed by atoms with Gasteiger partial charge in [-0.05, 0) is 70.8 Å². The number of hydrogen-bond acceptors (Lipinski definition) is 6. The monoisotopic (exact) mass is 452 g/mol. The molecular formula is C25H33BN2O5. The minimum Gasteiger partial charge on any atom is -0.465 e. The van der Waals surface area contributed by atoms with Gasteiger partial charge in [-0.2, -0.15) is 0 Å². The Labute approximate surface area is 196 Å². The largest absolute Gasteiger partial charge is 0.494 e. The molecule has 0 bridgehead atoms. The molecule has 0 aromatic heterocycles. The van der Waals surface area contributed by atoms with Crippen LogP contribution in [0.25, 0.3) is 0 Å². The van der Waals surface area contributed by atoms with Crippen molar-refractivity contribution in [1.82, 2.24) is 0 Å². The lowest BCUT2D eigenvalue weighted by atomic mass is 9.79.